The number of nitrogens with zero attached hydrogens (tertiary/aromatic N) is 2. The van der Waals surface area contributed by atoms with Crippen molar-refractivity contribution in [2.45, 2.75) is 32.6 Å². The van der Waals surface area contributed by atoms with E-state index in [1.165, 1.54) is 6.42 Å². The van der Waals surface area contributed by atoms with Gasteiger partial charge in [-0.1, -0.05) is 11.6 Å². The van der Waals surface area contributed by atoms with E-state index in [0.717, 1.165) is 36.1 Å². The molecule has 2 N–H and O–H groups in total. The molecule has 1 heterocycles. The van der Waals surface area contributed by atoms with E-state index in [-0.39, 0.29) is 5.41 Å². The molecule has 2 aromatic rings. The first-order valence-electron chi connectivity index (χ1n) is 7.33. The van der Waals surface area contributed by atoms with Crippen LogP contribution in [0.1, 0.15) is 30.7 Å². The van der Waals surface area contributed by atoms with Gasteiger partial charge in [-0.2, -0.15) is 4.98 Å². The Hall–Kier alpha value is -1.88. The molecule has 0 bridgehead atoms. The monoisotopic (exact) mass is 287 g/mol. The zero-order valence-corrected chi connectivity index (χ0v) is 12.6. The standard InChI is InChI=1S/C16H21N3O2/c1-11-8-12(4-5-13(11)20-2)15-18-14(21-19-15)9-16(10-17)6-3-7-16/h4-5,8H,3,6-7,9-10,17H2,1-2H3. The predicted molar refractivity (Wildman–Crippen MR) is 80.1 cm³/mol. The molecule has 0 radical (unpaired) electrons. The maximum Gasteiger partial charge on any atom is 0.227 e. The van der Waals surface area contributed by atoms with Crippen molar-refractivity contribution in [3.05, 3.63) is 29.7 Å². The van der Waals surface area contributed by atoms with Gasteiger partial charge in [0.25, 0.3) is 0 Å². The largest absolute Gasteiger partial charge is 0.496 e. The molecule has 0 atom stereocenters. The maximum atomic E-state index is 5.88. The minimum atomic E-state index is 0.180. The lowest BCUT2D eigenvalue weighted by atomic mass is 9.67. The average Bonchev–Trinajstić information content (AvgIpc) is 2.91. The first-order valence-corrected chi connectivity index (χ1v) is 7.33. The van der Waals surface area contributed by atoms with Gasteiger partial charge in [-0.25, -0.2) is 0 Å². The van der Waals surface area contributed by atoms with Crippen LogP contribution in [0, 0.1) is 12.3 Å². The Morgan fingerprint density at radius 2 is 2.19 bits per heavy atom. The van der Waals surface area contributed by atoms with Gasteiger partial charge in [0.1, 0.15) is 5.75 Å². The van der Waals surface area contributed by atoms with E-state index in [9.17, 15) is 0 Å². The summed E-state index contributed by atoms with van der Waals surface area (Å²) in [6, 6.07) is 5.88. The molecule has 0 spiro atoms. The third kappa shape index (κ3) is 2.65. The van der Waals surface area contributed by atoms with Crippen LogP contribution < -0.4 is 10.5 Å². The summed E-state index contributed by atoms with van der Waals surface area (Å²) in [6.07, 6.45) is 4.34. The third-order valence-electron chi connectivity index (χ3n) is 4.49. The van der Waals surface area contributed by atoms with Gasteiger partial charge in [0.05, 0.1) is 7.11 Å². The highest BCUT2D eigenvalue weighted by Crippen LogP contribution is 2.42. The smallest absolute Gasteiger partial charge is 0.227 e. The van der Waals surface area contributed by atoms with E-state index >= 15 is 0 Å². The van der Waals surface area contributed by atoms with Crippen molar-refractivity contribution >= 4 is 0 Å². The second-order valence-electron chi connectivity index (χ2n) is 5.93. The van der Waals surface area contributed by atoms with Crippen LogP contribution in [0.5, 0.6) is 5.75 Å². The highest BCUT2D eigenvalue weighted by Gasteiger charge is 2.37. The van der Waals surface area contributed by atoms with E-state index in [0.29, 0.717) is 18.3 Å². The predicted octanol–water partition coefficient (Wildman–Crippen LogP) is 2.73. The Morgan fingerprint density at radius 3 is 2.76 bits per heavy atom. The minimum absolute atomic E-state index is 0.180. The molecule has 0 saturated heterocycles. The molecule has 1 saturated carbocycles. The summed E-state index contributed by atoms with van der Waals surface area (Å²) in [5.41, 5.74) is 8.06. The average molecular weight is 287 g/mol. The molecule has 5 heteroatoms. The maximum absolute atomic E-state index is 5.88. The second kappa shape index (κ2) is 5.48. The number of benzene rings is 1. The van der Waals surface area contributed by atoms with Gasteiger partial charge in [0.2, 0.25) is 11.7 Å². The van der Waals surface area contributed by atoms with Crippen molar-refractivity contribution in [1.29, 1.82) is 0 Å². The molecule has 3 rings (SSSR count). The molecule has 112 valence electrons. The molecule has 21 heavy (non-hydrogen) atoms. The van der Waals surface area contributed by atoms with Gasteiger partial charge in [0.15, 0.2) is 0 Å². The number of nitrogens with two attached hydrogens (primary N) is 1. The van der Waals surface area contributed by atoms with E-state index < -0.39 is 0 Å². The fraction of sp³-hybridized carbons (Fsp3) is 0.500. The molecule has 5 nitrogen and oxygen atoms in total. The lowest BCUT2D eigenvalue weighted by molar-refractivity contribution is 0.129. The van der Waals surface area contributed by atoms with E-state index in [1.807, 2.05) is 25.1 Å². The first-order chi connectivity index (χ1) is 10.2. The number of hydrogen-bond acceptors (Lipinski definition) is 5. The van der Waals surface area contributed by atoms with Crippen LogP contribution >= 0.6 is 0 Å². The van der Waals surface area contributed by atoms with E-state index in [1.54, 1.807) is 7.11 Å². The molecule has 0 aliphatic heterocycles. The minimum Gasteiger partial charge on any atom is -0.496 e. The Balaban J connectivity index is 1.80. The Morgan fingerprint density at radius 1 is 1.38 bits per heavy atom. The fourth-order valence-corrected chi connectivity index (χ4v) is 2.91. The van der Waals surface area contributed by atoms with Gasteiger partial charge in [-0.3, -0.25) is 0 Å². The van der Waals surface area contributed by atoms with Crippen molar-refractivity contribution in [2.24, 2.45) is 11.1 Å². The number of ether oxygens (including phenoxy) is 1. The van der Waals surface area contributed by atoms with Crippen LogP contribution in [0.2, 0.25) is 0 Å². The lowest BCUT2D eigenvalue weighted by Crippen LogP contribution is -2.39. The first kappa shape index (κ1) is 14.1. The summed E-state index contributed by atoms with van der Waals surface area (Å²) in [5.74, 6) is 2.17. The van der Waals surface area contributed by atoms with Crippen molar-refractivity contribution in [2.75, 3.05) is 13.7 Å². The molecule has 1 aromatic heterocycles. The van der Waals surface area contributed by atoms with Crippen LogP contribution in [0.4, 0.5) is 0 Å². The molecule has 1 aromatic carbocycles. The van der Waals surface area contributed by atoms with Crippen LogP contribution in [0.15, 0.2) is 22.7 Å². The van der Waals surface area contributed by atoms with Gasteiger partial charge in [-0.05, 0) is 55.5 Å². The van der Waals surface area contributed by atoms with Gasteiger partial charge in [0, 0.05) is 12.0 Å². The number of aryl methyl sites for hydroxylation is 1. The Labute approximate surface area is 124 Å². The van der Waals surface area contributed by atoms with Crippen LogP contribution in [-0.4, -0.2) is 23.8 Å². The van der Waals surface area contributed by atoms with Gasteiger partial charge >= 0.3 is 0 Å². The van der Waals surface area contributed by atoms with Crippen molar-refractivity contribution < 1.29 is 9.26 Å². The lowest BCUT2D eigenvalue weighted by Gasteiger charge is -2.39. The zero-order chi connectivity index (χ0) is 14.9. The summed E-state index contributed by atoms with van der Waals surface area (Å²) >= 11 is 0. The fourth-order valence-electron chi connectivity index (χ4n) is 2.91. The molecule has 1 fully saturated rings. The highest BCUT2D eigenvalue weighted by atomic mass is 16.5. The number of aromatic nitrogens is 2. The Bertz CT molecular complexity index is 627. The number of hydrogen-bond donors (Lipinski definition) is 1. The summed E-state index contributed by atoms with van der Waals surface area (Å²) in [5, 5.41) is 4.09. The van der Waals surface area contributed by atoms with Crippen LogP contribution in [0.25, 0.3) is 11.4 Å². The topological polar surface area (TPSA) is 74.2 Å². The molecule has 1 aliphatic rings. The van der Waals surface area contributed by atoms with Crippen molar-refractivity contribution in [3.63, 3.8) is 0 Å². The summed E-state index contributed by atoms with van der Waals surface area (Å²) in [4.78, 5) is 4.52. The molecule has 0 amide bonds. The van der Waals surface area contributed by atoms with Gasteiger partial charge in [-0.15, -0.1) is 0 Å². The Kier molecular flexibility index (Phi) is 3.68. The molecule has 0 unspecified atom stereocenters. The summed E-state index contributed by atoms with van der Waals surface area (Å²) in [7, 11) is 1.67. The summed E-state index contributed by atoms with van der Waals surface area (Å²) < 4.78 is 10.7. The zero-order valence-electron chi connectivity index (χ0n) is 12.6. The van der Waals surface area contributed by atoms with E-state index in [4.69, 9.17) is 15.0 Å². The van der Waals surface area contributed by atoms with Crippen LogP contribution in [-0.2, 0) is 6.42 Å². The molecule has 1 aliphatic carbocycles. The third-order valence-corrected chi connectivity index (χ3v) is 4.49. The molecular formula is C16H21N3O2. The van der Waals surface area contributed by atoms with E-state index in [2.05, 4.69) is 10.1 Å². The number of rotatable bonds is 5. The normalized spacial score (nSPS) is 16.5. The second-order valence-corrected chi connectivity index (χ2v) is 5.93. The molecular weight excluding hydrogens is 266 g/mol. The summed E-state index contributed by atoms with van der Waals surface area (Å²) in [6.45, 7) is 2.69. The number of methoxy groups -OCH3 is 1. The SMILES string of the molecule is COc1ccc(-c2noc(CC3(CN)CCC3)n2)cc1C. The quantitative estimate of drug-likeness (QED) is 0.915. The van der Waals surface area contributed by atoms with Crippen LogP contribution in [0.3, 0.4) is 0 Å². The van der Waals surface area contributed by atoms with Crippen molar-refractivity contribution in [3.8, 4) is 17.1 Å². The highest BCUT2D eigenvalue weighted by molar-refractivity contribution is 5.58. The van der Waals surface area contributed by atoms with Gasteiger partial charge < -0.3 is 15.0 Å². The van der Waals surface area contributed by atoms with Crippen molar-refractivity contribution in [1.82, 2.24) is 10.1 Å².